The number of nitrogens with zero attached hydrogens (tertiary/aromatic N) is 3. The number of carbonyl (C=O) groups excluding carboxylic acids is 1. The average molecular weight is 446 g/mol. The standard InChI is InChI=1S/C18H28N4O2.C2HF3O2/c1-13-16(14(2)24-20-13)10-21-8-3-6-18(11-21)7-9-22(12-18)17(23)19-15-4-5-15;3-2(4,5)1(6)7/h15H,3-12H2,1-2H3,(H,19,23);(H,6,7). The lowest BCUT2D eigenvalue weighted by atomic mass is 9.79. The zero-order valence-electron chi connectivity index (χ0n) is 17.8. The Morgan fingerprint density at radius 1 is 1.23 bits per heavy atom. The summed E-state index contributed by atoms with van der Waals surface area (Å²) in [5.41, 5.74) is 2.51. The number of nitrogens with one attached hydrogen (secondary N) is 1. The van der Waals surface area contributed by atoms with Crippen LogP contribution in [0.1, 0.15) is 49.1 Å². The second kappa shape index (κ2) is 9.05. The lowest BCUT2D eigenvalue weighted by molar-refractivity contribution is -0.192. The summed E-state index contributed by atoms with van der Waals surface area (Å²) in [5.74, 6) is -1.82. The molecule has 0 aromatic carbocycles. The van der Waals surface area contributed by atoms with E-state index in [1.807, 2.05) is 18.7 Å². The van der Waals surface area contributed by atoms with Gasteiger partial charge in [0.1, 0.15) is 5.76 Å². The average Bonchev–Trinajstić information content (AvgIpc) is 3.34. The zero-order chi connectivity index (χ0) is 22.8. The molecule has 0 radical (unpaired) electrons. The van der Waals surface area contributed by atoms with Crippen LogP contribution in [0.3, 0.4) is 0 Å². The number of aliphatic carboxylic acids is 1. The summed E-state index contributed by atoms with van der Waals surface area (Å²) in [4.78, 5) is 25.8. The number of halogens is 3. The van der Waals surface area contributed by atoms with Crippen LogP contribution in [0.5, 0.6) is 0 Å². The molecule has 1 saturated carbocycles. The zero-order valence-corrected chi connectivity index (χ0v) is 17.8. The number of carboxylic acid groups (broad SMARTS) is 1. The highest BCUT2D eigenvalue weighted by Crippen LogP contribution is 2.39. The van der Waals surface area contributed by atoms with Gasteiger partial charge in [0.05, 0.1) is 5.69 Å². The third kappa shape index (κ3) is 6.11. The van der Waals surface area contributed by atoms with E-state index in [1.165, 1.54) is 18.4 Å². The molecule has 1 spiro atoms. The maximum absolute atomic E-state index is 12.3. The number of hydrogen-bond acceptors (Lipinski definition) is 5. The van der Waals surface area contributed by atoms with Gasteiger partial charge >= 0.3 is 18.2 Å². The first-order valence-corrected chi connectivity index (χ1v) is 10.5. The second-order valence-corrected chi connectivity index (χ2v) is 8.82. The van der Waals surface area contributed by atoms with Crippen LogP contribution >= 0.6 is 0 Å². The fourth-order valence-electron chi connectivity index (χ4n) is 4.33. The maximum Gasteiger partial charge on any atom is 0.490 e. The highest BCUT2D eigenvalue weighted by molar-refractivity contribution is 5.75. The molecule has 1 aromatic rings. The molecule has 0 bridgehead atoms. The molecule has 2 N–H and O–H groups in total. The Kier molecular flexibility index (Phi) is 6.82. The molecule has 11 heteroatoms. The fraction of sp³-hybridized carbons (Fsp3) is 0.750. The van der Waals surface area contributed by atoms with Crippen LogP contribution in [0, 0.1) is 19.3 Å². The first-order chi connectivity index (χ1) is 14.5. The Morgan fingerprint density at radius 2 is 1.90 bits per heavy atom. The molecule has 174 valence electrons. The van der Waals surface area contributed by atoms with Crippen molar-refractivity contribution in [3.63, 3.8) is 0 Å². The molecule has 3 aliphatic rings. The molecular weight excluding hydrogens is 417 g/mol. The number of hydrogen-bond donors (Lipinski definition) is 2. The van der Waals surface area contributed by atoms with Gasteiger partial charge in [-0.2, -0.15) is 13.2 Å². The van der Waals surface area contributed by atoms with Crippen molar-refractivity contribution in [1.29, 1.82) is 0 Å². The molecule has 2 aliphatic heterocycles. The molecule has 2 saturated heterocycles. The number of likely N-dealkylation sites (tertiary alicyclic amines) is 2. The van der Waals surface area contributed by atoms with Gasteiger partial charge in [-0.25, -0.2) is 9.59 Å². The number of carboxylic acids is 1. The lowest BCUT2D eigenvalue weighted by Crippen LogP contribution is -2.46. The first kappa shape index (κ1) is 23.4. The first-order valence-electron chi connectivity index (χ1n) is 10.5. The van der Waals surface area contributed by atoms with Crippen LogP contribution in [0.15, 0.2) is 4.52 Å². The number of urea groups is 1. The van der Waals surface area contributed by atoms with Gasteiger partial charge in [-0.1, -0.05) is 5.16 Å². The van der Waals surface area contributed by atoms with E-state index < -0.39 is 12.1 Å². The lowest BCUT2D eigenvalue weighted by Gasteiger charge is -2.40. The van der Waals surface area contributed by atoms with Crippen molar-refractivity contribution >= 4 is 12.0 Å². The molecule has 1 unspecified atom stereocenters. The van der Waals surface area contributed by atoms with Crippen molar-refractivity contribution in [2.45, 2.75) is 64.7 Å². The Labute approximate surface area is 178 Å². The van der Waals surface area contributed by atoms with Crippen LogP contribution in [0.4, 0.5) is 18.0 Å². The van der Waals surface area contributed by atoms with E-state index in [9.17, 15) is 18.0 Å². The Balaban J connectivity index is 0.000000339. The van der Waals surface area contributed by atoms with Gasteiger partial charge in [0, 0.05) is 43.2 Å². The van der Waals surface area contributed by atoms with Gasteiger partial charge in [-0.05, 0) is 52.5 Å². The number of rotatable bonds is 3. The minimum absolute atomic E-state index is 0.150. The van der Waals surface area contributed by atoms with Crippen LogP contribution in [-0.2, 0) is 11.3 Å². The van der Waals surface area contributed by atoms with Crippen LogP contribution < -0.4 is 5.32 Å². The van der Waals surface area contributed by atoms with Crippen molar-refractivity contribution in [3.8, 4) is 0 Å². The summed E-state index contributed by atoms with van der Waals surface area (Å²) < 4.78 is 37.0. The van der Waals surface area contributed by atoms with Crippen molar-refractivity contribution in [3.05, 3.63) is 17.0 Å². The Hall–Kier alpha value is -2.30. The smallest absolute Gasteiger partial charge is 0.475 e. The molecule has 3 fully saturated rings. The highest BCUT2D eigenvalue weighted by Gasteiger charge is 2.43. The molecule has 1 atom stereocenters. The normalized spacial score (nSPS) is 24.1. The number of amides is 2. The topological polar surface area (TPSA) is 98.9 Å². The summed E-state index contributed by atoms with van der Waals surface area (Å²) in [7, 11) is 0. The molecule has 4 rings (SSSR count). The molecule has 31 heavy (non-hydrogen) atoms. The van der Waals surface area contributed by atoms with E-state index in [0.717, 1.165) is 63.4 Å². The highest BCUT2D eigenvalue weighted by atomic mass is 19.4. The van der Waals surface area contributed by atoms with E-state index >= 15 is 0 Å². The third-order valence-corrected chi connectivity index (χ3v) is 6.18. The van der Waals surface area contributed by atoms with E-state index in [4.69, 9.17) is 14.4 Å². The largest absolute Gasteiger partial charge is 0.490 e. The van der Waals surface area contributed by atoms with Gasteiger partial charge in [-0.3, -0.25) is 4.90 Å². The predicted octanol–water partition coefficient (Wildman–Crippen LogP) is 3.08. The fourth-order valence-corrected chi connectivity index (χ4v) is 4.33. The van der Waals surface area contributed by atoms with Crippen LogP contribution in [-0.4, -0.2) is 70.5 Å². The monoisotopic (exact) mass is 446 g/mol. The number of aromatic nitrogens is 1. The van der Waals surface area contributed by atoms with E-state index in [2.05, 4.69) is 15.4 Å². The molecule has 2 amide bonds. The molecule has 8 nitrogen and oxygen atoms in total. The minimum Gasteiger partial charge on any atom is -0.475 e. The van der Waals surface area contributed by atoms with Crippen molar-refractivity contribution in [2.24, 2.45) is 5.41 Å². The maximum atomic E-state index is 12.3. The molecule has 1 aliphatic carbocycles. The second-order valence-electron chi connectivity index (χ2n) is 8.82. The predicted molar refractivity (Wildman–Crippen MR) is 104 cm³/mol. The third-order valence-electron chi connectivity index (χ3n) is 6.18. The molecule has 1 aromatic heterocycles. The summed E-state index contributed by atoms with van der Waals surface area (Å²) in [6.45, 7) is 8.93. The van der Waals surface area contributed by atoms with Gasteiger partial charge < -0.3 is 19.8 Å². The Morgan fingerprint density at radius 3 is 2.45 bits per heavy atom. The van der Waals surface area contributed by atoms with Crippen molar-refractivity contribution < 1.29 is 32.4 Å². The van der Waals surface area contributed by atoms with Crippen molar-refractivity contribution in [2.75, 3.05) is 26.2 Å². The number of aryl methyl sites for hydroxylation is 2. The minimum atomic E-state index is -5.08. The SMILES string of the molecule is Cc1noc(C)c1CN1CCCC2(CCN(C(=O)NC3CC3)C2)C1.O=C(O)C(F)(F)F. The number of piperidine rings is 1. The number of alkyl halides is 3. The van der Waals surface area contributed by atoms with E-state index in [0.29, 0.717) is 6.04 Å². The van der Waals surface area contributed by atoms with Gasteiger partial charge in [0.15, 0.2) is 0 Å². The van der Waals surface area contributed by atoms with Gasteiger partial charge in [-0.15, -0.1) is 0 Å². The Bertz CT molecular complexity index is 789. The summed E-state index contributed by atoms with van der Waals surface area (Å²) >= 11 is 0. The van der Waals surface area contributed by atoms with Gasteiger partial charge in [0.25, 0.3) is 0 Å². The van der Waals surface area contributed by atoms with E-state index in [-0.39, 0.29) is 11.4 Å². The molecule has 3 heterocycles. The van der Waals surface area contributed by atoms with Crippen LogP contribution in [0.2, 0.25) is 0 Å². The molecular formula is C20H29F3N4O4. The summed E-state index contributed by atoms with van der Waals surface area (Å²) in [6.07, 6.45) is 0.787. The number of carbonyl (C=O) groups is 2. The van der Waals surface area contributed by atoms with Gasteiger partial charge in [0.2, 0.25) is 0 Å². The van der Waals surface area contributed by atoms with Crippen LogP contribution in [0.25, 0.3) is 0 Å². The van der Waals surface area contributed by atoms with E-state index in [1.54, 1.807) is 0 Å². The van der Waals surface area contributed by atoms with Crippen molar-refractivity contribution in [1.82, 2.24) is 20.3 Å². The quantitative estimate of drug-likeness (QED) is 0.741. The summed E-state index contributed by atoms with van der Waals surface area (Å²) in [5, 5.41) is 14.3. The summed E-state index contributed by atoms with van der Waals surface area (Å²) in [6, 6.07) is 0.591.